The molecule has 2 aliphatic rings. The van der Waals surface area contributed by atoms with Gasteiger partial charge in [-0.25, -0.2) is 0 Å². The van der Waals surface area contributed by atoms with Crippen LogP contribution in [0, 0.1) is 17.3 Å². The number of carbonyl (C=O) groups excluding carboxylic acids is 2. The summed E-state index contributed by atoms with van der Waals surface area (Å²) in [6, 6.07) is 0. The molecule has 0 aromatic rings. The maximum Gasteiger partial charge on any atom is 0.313 e. The number of carbonyl (C=O) groups is 2. The second-order valence-electron chi connectivity index (χ2n) is 10.6. The molecular weight excluding hydrogens is 378 g/mol. The van der Waals surface area contributed by atoms with E-state index in [1.165, 1.54) is 38.5 Å². The fraction of sp³-hybridized carbons (Fsp3) is 0.920. The fourth-order valence-electron chi connectivity index (χ4n) is 5.06. The number of rotatable bonds is 10. The molecule has 2 rings (SSSR count). The molecule has 5 nitrogen and oxygen atoms in total. The molecule has 0 aromatic carbocycles. The fourth-order valence-corrected chi connectivity index (χ4v) is 5.06. The summed E-state index contributed by atoms with van der Waals surface area (Å²) < 4.78 is 11.6. The van der Waals surface area contributed by atoms with Gasteiger partial charge in [0.15, 0.2) is 0 Å². The lowest BCUT2D eigenvalue weighted by Crippen LogP contribution is -2.39. The highest BCUT2D eigenvalue weighted by Crippen LogP contribution is 2.33. The predicted molar refractivity (Wildman–Crippen MR) is 120 cm³/mol. The van der Waals surface area contributed by atoms with Crippen molar-refractivity contribution < 1.29 is 19.1 Å². The third-order valence-corrected chi connectivity index (χ3v) is 6.84. The van der Waals surface area contributed by atoms with Crippen molar-refractivity contribution in [3.63, 3.8) is 0 Å². The summed E-state index contributed by atoms with van der Waals surface area (Å²) in [4.78, 5) is 27.2. The van der Waals surface area contributed by atoms with E-state index < -0.39 is 5.41 Å². The summed E-state index contributed by atoms with van der Waals surface area (Å²) in [6.07, 6.45) is 12.8. The van der Waals surface area contributed by atoms with E-state index in [2.05, 4.69) is 6.92 Å². The molecule has 2 aliphatic carbocycles. The van der Waals surface area contributed by atoms with Crippen molar-refractivity contribution in [2.24, 2.45) is 17.3 Å². The molecule has 0 atom stereocenters. The molecule has 0 heterocycles. The van der Waals surface area contributed by atoms with Crippen LogP contribution in [0.3, 0.4) is 0 Å². The molecule has 0 bridgehead atoms. The average Bonchev–Trinajstić information content (AvgIpc) is 2.69. The normalized spacial score (nSPS) is 27.7. The Labute approximate surface area is 184 Å². The van der Waals surface area contributed by atoms with E-state index >= 15 is 0 Å². The standard InChI is InChI=1S/C25H45NO4/c1-6-7-8-9-19-10-14-21(15-11-19)29-23(27)20-12-16-22(17-13-20)30-24(28)25(2,3)18-26(4)5/h19-22H,6-18H2,1-5H3. The van der Waals surface area contributed by atoms with Gasteiger partial charge >= 0.3 is 11.9 Å². The minimum atomic E-state index is -0.519. The van der Waals surface area contributed by atoms with Crippen molar-refractivity contribution in [1.82, 2.24) is 4.90 Å². The van der Waals surface area contributed by atoms with Gasteiger partial charge in [0.2, 0.25) is 0 Å². The molecule has 5 heteroatoms. The Balaban J connectivity index is 1.66. The van der Waals surface area contributed by atoms with E-state index in [1.807, 2.05) is 32.8 Å². The van der Waals surface area contributed by atoms with Gasteiger partial charge in [-0.15, -0.1) is 0 Å². The van der Waals surface area contributed by atoms with Crippen molar-refractivity contribution >= 4 is 11.9 Å². The largest absolute Gasteiger partial charge is 0.462 e. The minimum absolute atomic E-state index is 0.0258. The first-order chi connectivity index (χ1) is 14.2. The van der Waals surface area contributed by atoms with E-state index in [1.54, 1.807) is 0 Å². The molecule has 0 N–H and O–H groups in total. The zero-order valence-electron chi connectivity index (χ0n) is 20.1. The van der Waals surface area contributed by atoms with Crippen LogP contribution >= 0.6 is 0 Å². The third kappa shape index (κ3) is 8.20. The highest BCUT2D eigenvalue weighted by molar-refractivity contribution is 5.76. The summed E-state index contributed by atoms with van der Waals surface area (Å²) in [5.74, 6) is 0.630. The van der Waals surface area contributed by atoms with Gasteiger partial charge < -0.3 is 14.4 Å². The van der Waals surface area contributed by atoms with E-state index in [0.717, 1.165) is 44.4 Å². The lowest BCUT2D eigenvalue weighted by Gasteiger charge is -2.33. The molecule has 0 aliphatic heterocycles. The number of ether oxygens (including phenoxy) is 2. The zero-order chi connectivity index (χ0) is 22.1. The summed E-state index contributed by atoms with van der Waals surface area (Å²) in [5, 5.41) is 0. The van der Waals surface area contributed by atoms with Crippen LogP contribution in [0.2, 0.25) is 0 Å². The number of hydrogen-bond donors (Lipinski definition) is 0. The monoisotopic (exact) mass is 423 g/mol. The van der Waals surface area contributed by atoms with Crippen LogP contribution in [-0.4, -0.2) is 49.7 Å². The van der Waals surface area contributed by atoms with Gasteiger partial charge in [-0.1, -0.05) is 32.6 Å². The molecular formula is C25H45NO4. The summed E-state index contributed by atoms with van der Waals surface area (Å²) in [5.41, 5.74) is -0.519. The first-order valence-electron chi connectivity index (χ1n) is 12.3. The first kappa shape index (κ1) is 25.2. The zero-order valence-corrected chi connectivity index (χ0v) is 20.1. The molecule has 0 radical (unpaired) electrons. The van der Waals surface area contributed by atoms with E-state index in [-0.39, 0.29) is 30.1 Å². The van der Waals surface area contributed by atoms with Crippen molar-refractivity contribution in [2.45, 2.75) is 110 Å². The van der Waals surface area contributed by atoms with Crippen LogP contribution in [0.25, 0.3) is 0 Å². The number of esters is 2. The van der Waals surface area contributed by atoms with Gasteiger partial charge in [0.05, 0.1) is 11.3 Å². The Bertz CT molecular complexity index is 529. The molecule has 2 saturated carbocycles. The Kier molecular flexibility index (Phi) is 10.1. The Morgan fingerprint density at radius 1 is 0.867 bits per heavy atom. The van der Waals surface area contributed by atoms with E-state index in [4.69, 9.17) is 9.47 Å². The second kappa shape index (κ2) is 12.1. The van der Waals surface area contributed by atoms with Crippen LogP contribution in [0.15, 0.2) is 0 Å². The van der Waals surface area contributed by atoms with Crippen LogP contribution < -0.4 is 0 Å². The third-order valence-electron chi connectivity index (χ3n) is 6.84. The first-order valence-corrected chi connectivity index (χ1v) is 12.3. The highest BCUT2D eigenvalue weighted by Gasteiger charge is 2.35. The number of hydrogen-bond acceptors (Lipinski definition) is 5. The number of unbranched alkanes of at least 4 members (excludes halogenated alkanes) is 2. The van der Waals surface area contributed by atoms with Crippen LogP contribution in [-0.2, 0) is 19.1 Å². The van der Waals surface area contributed by atoms with Gasteiger partial charge in [0.1, 0.15) is 12.2 Å². The van der Waals surface area contributed by atoms with Gasteiger partial charge in [0.25, 0.3) is 0 Å². The van der Waals surface area contributed by atoms with E-state index in [9.17, 15) is 9.59 Å². The van der Waals surface area contributed by atoms with Gasteiger partial charge in [0, 0.05) is 6.54 Å². The Morgan fingerprint density at radius 3 is 2.00 bits per heavy atom. The van der Waals surface area contributed by atoms with Crippen LogP contribution in [0.4, 0.5) is 0 Å². The number of nitrogens with zero attached hydrogens (tertiary/aromatic N) is 1. The predicted octanol–water partition coefficient (Wildman–Crippen LogP) is 5.36. The minimum Gasteiger partial charge on any atom is -0.462 e. The molecule has 2 fully saturated rings. The molecule has 30 heavy (non-hydrogen) atoms. The second-order valence-corrected chi connectivity index (χ2v) is 10.6. The van der Waals surface area contributed by atoms with Gasteiger partial charge in [-0.3, -0.25) is 9.59 Å². The quantitative estimate of drug-likeness (QED) is 0.350. The van der Waals surface area contributed by atoms with Crippen molar-refractivity contribution in [3.05, 3.63) is 0 Å². The van der Waals surface area contributed by atoms with Gasteiger partial charge in [-0.05, 0) is 85.2 Å². The maximum absolute atomic E-state index is 12.6. The molecule has 0 amide bonds. The molecule has 0 spiro atoms. The van der Waals surface area contributed by atoms with Gasteiger partial charge in [-0.2, -0.15) is 0 Å². The van der Waals surface area contributed by atoms with E-state index in [0.29, 0.717) is 6.54 Å². The Morgan fingerprint density at radius 2 is 1.43 bits per heavy atom. The maximum atomic E-state index is 12.6. The molecule has 0 unspecified atom stereocenters. The SMILES string of the molecule is CCCCCC1CCC(OC(=O)C2CCC(OC(=O)C(C)(C)CN(C)C)CC2)CC1. The highest BCUT2D eigenvalue weighted by atomic mass is 16.5. The molecule has 0 aromatic heterocycles. The lowest BCUT2D eigenvalue weighted by molar-refractivity contribution is -0.164. The summed E-state index contributed by atoms with van der Waals surface area (Å²) in [6.45, 7) is 6.77. The smallest absolute Gasteiger partial charge is 0.313 e. The molecule has 0 saturated heterocycles. The molecule has 174 valence electrons. The lowest BCUT2D eigenvalue weighted by atomic mass is 9.83. The van der Waals surface area contributed by atoms with Crippen molar-refractivity contribution in [2.75, 3.05) is 20.6 Å². The Hall–Kier alpha value is -1.10. The van der Waals surface area contributed by atoms with Crippen LogP contribution in [0.1, 0.15) is 97.8 Å². The average molecular weight is 424 g/mol. The van der Waals surface area contributed by atoms with Crippen molar-refractivity contribution in [3.8, 4) is 0 Å². The van der Waals surface area contributed by atoms with Crippen molar-refractivity contribution in [1.29, 1.82) is 0 Å². The summed E-state index contributed by atoms with van der Waals surface area (Å²) >= 11 is 0. The summed E-state index contributed by atoms with van der Waals surface area (Å²) in [7, 11) is 3.93. The van der Waals surface area contributed by atoms with Crippen LogP contribution in [0.5, 0.6) is 0 Å². The topological polar surface area (TPSA) is 55.8 Å².